The number of carbonyl (C=O) groups is 3. The maximum Gasteiger partial charge on any atom is 0.312 e. The first-order chi connectivity index (χ1) is 16.8. The van der Waals surface area contributed by atoms with E-state index in [-0.39, 0.29) is 29.9 Å². The molecule has 0 aromatic heterocycles. The Bertz CT molecular complexity index is 966. The molecule has 1 spiro atoms. The van der Waals surface area contributed by atoms with Gasteiger partial charge in [0.1, 0.15) is 11.6 Å². The topological polar surface area (TPSA) is 105 Å². The molecule has 8 nitrogen and oxygen atoms in total. The molecule has 192 valence electrons. The smallest absolute Gasteiger partial charge is 0.312 e. The SMILES string of the molecule is CCOC(=O)[C@@H]1[C@H]2O[C@@]3(CC2Br)[C@H](C(=O)Nc2c(C)cccc2C)N(CCCCCCO)C(=O)[C@@H]13. The number of hydrogen-bond acceptors (Lipinski definition) is 6. The van der Waals surface area contributed by atoms with E-state index in [2.05, 4.69) is 21.2 Å². The number of esters is 1. The predicted octanol–water partition coefficient (Wildman–Crippen LogP) is 3.11. The molecule has 3 aliphatic rings. The first-order valence-corrected chi connectivity index (χ1v) is 13.4. The first kappa shape index (κ1) is 26.1. The van der Waals surface area contributed by atoms with Crippen LogP contribution in [0, 0.1) is 25.7 Å². The first-order valence-electron chi connectivity index (χ1n) is 12.5. The lowest BCUT2D eigenvalue weighted by Gasteiger charge is -2.34. The predicted molar refractivity (Wildman–Crippen MR) is 134 cm³/mol. The monoisotopic (exact) mass is 550 g/mol. The molecule has 3 heterocycles. The average molecular weight is 551 g/mol. The molecule has 1 aromatic rings. The van der Waals surface area contributed by atoms with Crippen molar-refractivity contribution < 1.29 is 29.0 Å². The molecule has 2 bridgehead atoms. The molecule has 2 N–H and O–H groups in total. The van der Waals surface area contributed by atoms with Gasteiger partial charge in [-0.1, -0.05) is 47.0 Å². The van der Waals surface area contributed by atoms with Gasteiger partial charge in [-0.3, -0.25) is 14.4 Å². The Morgan fingerprint density at radius 2 is 1.91 bits per heavy atom. The van der Waals surface area contributed by atoms with Crippen LogP contribution in [0.5, 0.6) is 0 Å². The molecule has 4 rings (SSSR count). The zero-order chi connectivity index (χ0) is 25.3. The number of likely N-dealkylation sites (tertiary alicyclic amines) is 1. The van der Waals surface area contributed by atoms with Crippen LogP contribution in [0.3, 0.4) is 0 Å². The van der Waals surface area contributed by atoms with Crippen LogP contribution in [0.15, 0.2) is 18.2 Å². The van der Waals surface area contributed by atoms with Crippen molar-refractivity contribution in [1.82, 2.24) is 4.90 Å². The summed E-state index contributed by atoms with van der Waals surface area (Å²) in [6, 6.07) is 4.96. The third kappa shape index (κ3) is 4.51. The summed E-state index contributed by atoms with van der Waals surface area (Å²) >= 11 is 3.66. The van der Waals surface area contributed by atoms with Gasteiger partial charge in [0.05, 0.1) is 24.5 Å². The van der Waals surface area contributed by atoms with E-state index in [1.807, 2.05) is 32.0 Å². The molecule has 1 aromatic carbocycles. The van der Waals surface area contributed by atoms with Crippen molar-refractivity contribution in [1.29, 1.82) is 0 Å². The number of unbranched alkanes of at least 4 members (excludes halogenated alkanes) is 3. The van der Waals surface area contributed by atoms with E-state index in [9.17, 15) is 14.4 Å². The summed E-state index contributed by atoms with van der Waals surface area (Å²) in [6.45, 7) is 6.36. The van der Waals surface area contributed by atoms with Gasteiger partial charge in [-0.2, -0.15) is 0 Å². The van der Waals surface area contributed by atoms with Crippen molar-refractivity contribution in [2.75, 3.05) is 25.1 Å². The molecule has 35 heavy (non-hydrogen) atoms. The summed E-state index contributed by atoms with van der Waals surface area (Å²) in [7, 11) is 0. The minimum atomic E-state index is -1.08. The van der Waals surface area contributed by atoms with Crippen LogP contribution < -0.4 is 5.32 Å². The van der Waals surface area contributed by atoms with Gasteiger partial charge in [-0.15, -0.1) is 0 Å². The van der Waals surface area contributed by atoms with Crippen LogP contribution in [0.25, 0.3) is 0 Å². The summed E-state index contributed by atoms with van der Waals surface area (Å²) in [5.74, 6) is -2.44. The normalized spacial score (nSPS) is 31.1. The summed E-state index contributed by atoms with van der Waals surface area (Å²) in [4.78, 5) is 42.1. The Balaban J connectivity index is 1.67. The number of hydrogen-bond donors (Lipinski definition) is 2. The fourth-order valence-corrected chi connectivity index (χ4v) is 7.07. The Labute approximate surface area is 214 Å². The molecule has 0 aliphatic carbocycles. The maximum absolute atomic E-state index is 13.9. The van der Waals surface area contributed by atoms with Gasteiger partial charge in [-0.25, -0.2) is 0 Å². The molecular formula is C26H35BrN2O6. The number of carbonyl (C=O) groups excluding carboxylic acids is 3. The van der Waals surface area contributed by atoms with Gasteiger partial charge >= 0.3 is 5.97 Å². The quantitative estimate of drug-likeness (QED) is 0.263. The van der Waals surface area contributed by atoms with Gasteiger partial charge in [0.25, 0.3) is 0 Å². The van der Waals surface area contributed by atoms with Crippen molar-refractivity contribution in [3.8, 4) is 0 Å². The van der Waals surface area contributed by atoms with Gasteiger partial charge in [0, 0.05) is 23.7 Å². The lowest BCUT2D eigenvalue weighted by molar-refractivity contribution is -0.154. The van der Waals surface area contributed by atoms with Crippen molar-refractivity contribution in [3.05, 3.63) is 29.3 Å². The molecular weight excluding hydrogens is 516 g/mol. The summed E-state index contributed by atoms with van der Waals surface area (Å²) < 4.78 is 11.8. The highest BCUT2D eigenvalue weighted by Gasteiger charge is 2.76. The standard InChI is InChI=1S/C26H35BrN2O6/c1-4-34-25(33)18-19-24(32)29(12-7-5-6-8-13-30)22(26(19)14-17(27)21(18)35-26)23(31)28-20-15(2)10-9-11-16(20)3/h9-11,17-19,21-22,30H,4-8,12-14H2,1-3H3,(H,28,31)/t17?,18-,19+,21-,22-,26+/m0/s1. The molecule has 0 saturated carbocycles. The van der Waals surface area contributed by atoms with Crippen LogP contribution in [0.2, 0.25) is 0 Å². The Kier molecular flexibility index (Phi) is 7.88. The number of alkyl halides is 1. The van der Waals surface area contributed by atoms with Crippen LogP contribution in [-0.4, -0.2) is 70.1 Å². The third-order valence-corrected chi connectivity index (χ3v) is 8.48. The van der Waals surface area contributed by atoms with Crippen molar-refractivity contribution in [2.24, 2.45) is 11.8 Å². The lowest BCUT2D eigenvalue weighted by Crippen LogP contribution is -2.54. The Morgan fingerprint density at radius 1 is 1.23 bits per heavy atom. The number of aryl methyl sites for hydroxylation is 2. The zero-order valence-corrected chi connectivity index (χ0v) is 22.2. The second-order valence-corrected chi connectivity index (χ2v) is 11.0. The fourth-order valence-electron chi connectivity index (χ4n) is 6.13. The molecule has 0 radical (unpaired) electrons. The van der Waals surface area contributed by atoms with E-state index < -0.39 is 35.6 Å². The second kappa shape index (κ2) is 10.6. The molecule has 1 unspecified atom stereocenters. The number of ether oxygens (including phenoxy) is 2. The van der Waals surface area contributed by atoms with E-state index in [1.54, 1.807) is 11.8 Å². The van der Waals surface area contributed by atoms with Crippen molar-refractivity contribution in [2.45, 2.75) is 75.4 Å². The number of rotatable bonds is 10. The van der Waals surface area contributed by atoms with Gasteiger partial charge in [-0.05, 0) is 51.2 Å². The number of nitrogens with zero attached hydrogens (tertiary/aromatic N) is 1. The highest BCUT2D eigenvalue weighted by atomic mass is 79.9. The number of anilines is 1. The molecule has 3 fully saturated rings. The number of benzene rings is 1. The molecule has 3 saturated heterocycles. The fraction of sp³-hybridized carbons (Fsp3) is 0.654. The molecule has 2 amide bonds. The van der Waals surface area contributed by atoms with E-state index >= 15 is 0 Å². The van der Waals surface area contributed by atoms with E-state index in [0.29, 0.717) is 25.8 Å². The van der Waals surface area contributed by atoms with Crippen molar-refractivity contribution in [3.63, 3.8) is 0 Å². The number of amides is 2. The number of halogens is 1. The zero-order valence-electron chi connectivity index (χ0n) is 20.6. The van der Waals surface area contributed by atoms with E-state index in [1.165, 1.54) is 0 Å². The third-order valence-electron chi connectivity index (χ3n) is 7.63. The largest absolute Gasteiger partial charge is 0.466 e. The molecule has 9 heteroatoms. The second-order valence-electron chi connectivity index (χ2n) is 9.84. The summed E-state index contributed by atoms with van der Waals surface area (Å²) in [5, 5.41) is 12.1. The van der Waals surface area contributed by atoms with Crippen LogP contribution in [0.4, 0.5) is 5.69 Å². The van der Waals surface area contributed by atoms with Crippen LogP contribution in [-0.2, 0) is 23.9 Å². The van der Waals surface area contributed by atoms with Crippen LogP contribution >= 0.6 is 15.9 Å². The average Bonchev–Trinajstić information content (AvgIpc) is 3.40. The van der Waals surface area contributed by atoms with Crippen molar-refractivity contribution >= 4 is 39.4 Å². The maximum atomic E-state index is 13.9. The van der Waals surface area contributed by atoms with E-state index in [4.69, 9.17) is 14.6 Å². The molecule has 6 atom stereocenters. The number of aliphatic hydroxyl groups is 1. The minimum Gasteiger partial charge on any atom is -0.466 e. The summed E-state index contributed by atoms with van der Waals surface area (Å²) in [6.07, 6.45) is 3.05. The van der Waals surface area contributed by atoms with Gasteiger partial charge < -0.3 is 24.8 Å². The van der Waals surface area contributed by atoms with Gasteiger partial charge in [0.2, 0.25) is 11.8 Å². The highest BCUT2D eigenvalue weighted by Crippen LogP contribution is 2.60. The van der Waals surface area contributed by atoms with Crippen LogP contribution in [0.1, 0.15) is 50.2 Å². The number of nitrogens with one attached hydrogen (secondary N) is 1. The Hall–Kier alpha value is -1.97. The molecule has 3 aliphatic heterocycles. The number of para-hydroxylation sites is 1. The number of fused-ring (bicyclic) bond motifs is 1. The minimum absolute atomic E-state index is 0.137. The lowest BCUT2D eigenvalue weighted by atomic mass is 9.70. The summed E-state index contributed by atoms with van der Waals surface area (Å²) in [5.41, 5.74) is 1.52. The highest BCUT2D eigenvalue weighted by molar-refractivity contribution is 9.09. The Morgan fingerprint density at radius 3 is 2.57 bits per heavy atom. The van der Waals surface area contributed by atoms with Gasteiger partial charge in [0.15, 0.2) is 0 Å². The van der Waals surface area contributed by atoms with E-state index in [0.717, 1.165) is 29.7 Å². The number of aliphatic hydroxyl groups excluding tert-OH is 1.